The van der Waals surface area contributed by atoms with Crippen molar-refractivity contribution in [3.63, 3.8) is 0 Å². The topological polar surface area (TPSA) is 0 Å². The molecule has 0 spiro atoms. The van der Waals surface area contributed by atoms with E-state index < -0.39 is 0 Å². The van der Waals surface area contributed by atoms with E-state index in [1.807, 2.05) is 50.2 Å². The van der Waals surface area contributed by atoms with Crippen LogP contribution < -0.4 is 0 Å². The smallest absolute Gasteiger partial charge is 0.0385 e. The lowest BCUT2D eigenvalue weighted by molar-refractivity contribution is 0.398. The highest BCUT2D eigenvalue weighted by Gasteiger charge is 2.03. The van der Waals surface area contributed by atoms with Gasteiger partial charge in [-0.15, -0.1) is 0 Å². The van der Waals surface area contributed by atoms with Crippen LogP contribution >= 0.6 is 0 Å². The lowest BCUT2D eigenvalue weighted by Crippen LogP contribution is -2.00. The summed E-state index contributed by atoms with van der Waals surface area (Å²) in [7, 11) is 0. The van der Waals surface area contributed by atoms with Crippen LogP contribution in [0.25, 0.3) is 0 Å². The highest BCUT2D eigenvalue weighted by molar-refractivity contribution is 4.99. The first kappa shape index (κ1) is 23.3. The second kappa shape index (κ2) is 13.6. The van der Waals surface area contributed by atoms with Crippen LogP contribution in [0.3, 0.4) is 0 Å². The summed E-state index contributed by atoms with van der Waals surface area (Å²) in [5.74, 6) is 0. The average molecular weight is 267 g/mol. The van der Waals surface area contributed by atoms with Gasteiger partial charge in [0.25, 0.3) is 0 Å². The van der Waals surface area contributed by atoms with Gasteiger partial charge in [-0.25, -0.2) is 0 Å². The molecule has 0 amide bonds. The van der Waals surface area contributed by atoms with E-state index in [9.17, 15) is 0 Å². The standard InChI is InChI=1S/C6H6.C6H14.C5H12.C2H6/c1-2-4-6-5-3-1;1-5-6(2,3)4;1-5(2,3)4;1-2/h1-6H;5H2,1-4H3;1-4H3;1-2H3. The Kier molecular flexibility index (Phi) is 16.8. The lowest BCUT2D eigenvalue weighted by Gasteiger charge is -2.12. The second-order valence-corrected chi connectivity index (χ2v) is 7.07. The maximum atomic E-state index is 2.24. The first-order chi connectivity index (χ1) is 8.56. The molecule has 19 heavy (non-hydrogen) atoms. The molecule has 0 radical (unpaired) electrons. The van der Waals surface area contributed by atoms with Crippen molar-refractivity contribution in [3.05, 3.63) is 36.4 Å². The first-order valence-corrected chi connectivity index (χ1v) is 7.56. The quantitative estimate of drug-likeness (QED) is 0.465. The Morgan fingerprint density at radius 2 is 0.684 bits per heavy atom. The maximum Gasteiger partial charge on any atom is -0.0385 e. The molecule has 0 bridgehead atoms. The van der Waals surface area contributed by atoms with E-state index in [4.69, 9.17) is 0 Å². The van der Waals surface area contributed by atoms with Crippen LogP contribution in [0.4, 0.5) is 0 Å². The van der Waals surface area contributed by atoms with Gasteiger partial charge in [-0.1, -0.05) is 112 Å². The minimum absolute atomic E-state index is 0.500. The summed E-state index contributed by atoms with van der Waals surface area (Å²) in [5.41, 5.74) is 1.04. The fourth-order valence-corrected chi connectivity index (χ4v) is 0.385. The first-order valence-electron chi connectivity index (χ1n) is 7.56. The van der Waals surface area contributed by atoms with E-state index in [2.05, 4.69) is 55.4 Å². The van der Waals surface area contributed by atoms with Crippen molar-refractivity contribution in [2.75, 3.05) is 0 Å². The Labute approximate surface area is 123 Å². The van der Waals surface area contributed by atoms with E-state index in [1.165, 1.54) is 6.42 Å². The van der Waals surface area contributed by atoms with Gasteiger partial charge in [0.1, 0.15) is 0 Å². The molecule has 1 aromatic carbocycles. The predicted molar refractivity (Wildman–Crippen MR) is 92.7 cm³/mol. The number of rotatable bonds is 0. The molecule has 0 nitrogen and oxygen atoms in total. The van der Waals surface area contributed by atoms with Gasteiger partial charge in [0.2, 0.25) is 0 Å². The fourth-order valence-electron chi connectivity index (χ4n) is 0.385. The molecule has 0 unspecified atom stereocenters. The van der Waals surface area contributed by atoms with Crippen LogP contribution in [-0.2, 0) is 0 Å². The van der Waals surface area contributed by atoms with Crippen molar-refractivity contribution in [1.82, 2.24) is 0 Å². The summed E-state index contributed by atoms with van der Waals surface area (Å²) in [6.45, 7) is 21.7. The van der Waals surface area contributed by atoms with Gasteiger partial charge in [0.05, 0.1) is 0 Å². The molecule has 0 heteroatoms. The van der Waals surface area contributed by atoms with Gasteiger partial charge >= 0.3 is 0 Å². The summed E-state index contributed by atoms with van der Waals surface area (Å²) in [5, 5.41) is 0. The molecule has 114 valence electrons. The van der Waals surface area contributed by atoms with Crippen molar-refractivity contribution in [3.8, 4) is 0 Å². The summed E-state index contributed by atoms with van der Waals surface area (Å²) >= 11 is 0. The zero-order valence-electron chi connectivity index (χ0n) is 15.2. The number of hydrogen-bond donors (Lipinski definition) is 0. The summed E-state index contributed by atoms with van der Waals surface area (Å²) in [4.78, 5) is 0. The molecule has 1 rings (SSSR count). The predicted octanol–water partition coefficient (Wildman–Crippen LogP) is 7.21. The zero-order chi connectivity index (χ0) is 15.9. The molecule has 0 aliphatic heterocycles. The highest BCUT2D eigenvalue weighted by Crippen LogP contribution is 2.16. The van der Waals surface area contributed by atoms with Crippen molar-refractivity contribution in [2.45, 2.75) is 75.7 Å². The van der Waals surface area contributed by atoms with Gasteiger partial charge in [-0.3, -0.25) is 0 Å². The molecule has 0 atom stereocenters. The SMILES string of the molecule is CC.CC(C)(C)C.CCC(C)(C)C.c1ccccc1. The van der Waals surface area contributed by atoms with E-state index >= 15 is 0 Å². The van der Waals surface area contributed by atoms with Crippen molar-refractivity contribution in [2.24, 2.45) is 10.8 Å². The monoisotopic (exact) mass is 266 g/mol. The molecule has 0 saturated heterocycles. The Morgan fingerprint density at radius 1 is 0.579 bits per heavy atom. The third-order valence-electron chi connectivity index (χ3n) is 1.73. The van der Waals surface area contributed by atoms with Crippen LogP contribution in [0, 0.1) is 10.8 Å². The van der Waals surface area contributed by atoms with Crippen LogP contribution in [0.15, 0.2) is 36.4 Å². The molecule has 0 aromatic heterocycles. The Bertz CT molecular complexity index is 200. The average Bonchev–Trinajstić information content (AvgIpc) is 2.32. The maximum absolute atomic E-state index is 2.24. The molecule has 0 aliphatic rings. The Morgan fingerprint density at radius 3 is 0.737 bits per heavy atom. The normalized spacial score (nSPS) is 9.79. The summed E-state index contributed by atoms with van der Waals surface area (Å²) in [6.07, 6.45) is 1.27. The molecule has 0 fully saturated rings. The largest absolute Gasteiger partial charge is 0.0683 e. The van der Waals surface area contributed by atoms with E-state index in [-0.39, 0.29) is 0 Å². The van der Waals surface area contributed by atoms with Crippen LogP contribution in [-0.4, -0.2) is 0 Å². The summed E-state index contributed by atoms with van der Waals surface area (Å²) < 4.78 is 0. The molecule has 0 aliphatic carbocycles. The Hall–Kier alpha value is -0.780. The minimum atomic E-state index is 0.500. The second-order valence-electron chi connectivity index (χ2n) is 7.07. The molecular weight excluding hydrogens is 228 g/mol. The van der Waals surface area contributed by atoms with Crippen molar-refractivity contribution in [1.29, 1.82) is 0 Å². The van der Waals surface area contributed by atoms with Gasteiger partial charge in [0.15, 0.2) is 0 Å². The van der Waals surface area contributed by atoms with E-state index in [1.54, 1.807) is 0 Å². The van der Waals surface area contributed by atoms with Gasteiger partial charge in [-0.05, 0) is 10.8 Å². The fraction of sp³-hybridized carbons (Fsp3) is 0.684. The molecule has 0 saturated carbocycles. The third-order valence-corrected chi connectivity index (χ3v) is 1.73. The third kappa shape index (κ3) is 59.0. The van der Waals surface area contributed by atoms with Crippen molar-refractivity contribution >= 4 is 0 Å². The van der Waals surface area contributed by atoms with E-state index in [0.29, 0.717) is 10.8 Å². The van der Waals surface area contributed by atoms with Crippen LogP contribution in [0.2, 0.25) is 0 Å². The molecule has 1 aromatic rings. The van der Waals surface area contributed by atoms with Crippen LogP contribution in [0.1, 0.15) is 75.7 Å². The lowest BCUT2D eigenvalue weighted by atomic mass is 9.94. The molecule has 0 N–H and O–H groups in total. The summed E-state index contributed by atoms with van der Waals surface area (Å²) in [6, 6.07) is 12.0. The minimum Gasteiger partial charge on any atom is -0.0683 e. The Balaban J connectivity index is -0.000000191. The van der Waals surface area contributed by atoms with Gasteiger partial charge < -0.3 is 0 Å². The zero-order valence-corrected chi connectivity index (χ0v) is 15.2. The number of hydrogen-bond acceptors (Lipinski definition) is 0. The molecular formula is C19H38. The number of benzene rings is 1. The van der Waals surface area contributed by atoms with Crippen LogP contribution in [0.5, 0.6) is 0 Å². The highest BCUT2D eigenvalue weighted by atomic mass is 14.1. The van der Waals surface area contributed by atoms with Crippen molar-refractivity contribution < 1.29 is 0 Å². The van der Waals surface area contributed by atoms with Gasteiger partial charge in [-0.2, -0.15) is 0 Å². The van der Waals surface area contributed by atoms with E-state index in [0.717, 1.165) is 0 Å². The van der Waals surface area contributed by atoms with Gasteiger partial charge in [0, 0.05) is 0 Å². The molecule has 0 heterocycles.